The molecule has 0 spiro atoms. The SMILES string of the molecule is O=C(CC(c1ccccc1)c1c(O)c2ccccc2oc1=O)OCCS(=O)(=O)c1ccccc1. The van der Waals surface area contributed by atoms with Gasteiger partial charge in [-0.2, -0.15) is 0 Å². The Bertz CT molecular complexity index is 1460. The maximum Gasteiger partial charge on any atom is 0.343 e. The van der Waals surface area contributed by atoms with Crippen LogP contribution in [0.4, 0.5) is 0 Å². The van der Waals surface area contributed by atoms with Crippen LogP contribution in [0.2, 0.25) is 0 Å². The second-order valence-corrected chi connectivity index (χ2v) is 9.78. The molecule has 1 unspecified atom stereocenters. The molecule has 0 radical (unpaired) electrons. The first-order valence-electron chi connectivity index (χ1n) is 10.6. The zero-order chi connectivity index (χ0) is 24.1. The summed E-state index contributed by atoms with van der Waals surface area (Å²) in [5, 5.41) is 11.2. The number of hydrogen-bond donors (Lipinski definition) is 1. The van der Waals surface area contributed by atoms with Gasteiger partial charge in [0.2, 0.25) is 0 Å². The molecule has 0 aliphatic heterocycles. The first-order chi connectivity index (χ1) is 16.4. The van der Waals surface area contributed by atoms with Crippen molar-refractivity contribution in [3.63, 3.8) is 0 Å². The molecule has 34 heavy (non-hydrogen) atoms. The average Bonchev–Trinajstić information content (AvgIpc) is 2.84. The molecule has 3 aromatic carbocycles. The molecule has 1 heterocycles. The van der Waals surface area contributed by atoms with E-state index >= 15 is 0 Å². The van der Waals surface area contributed by atoms with E-state index < -0.39 is 27.4 Å². The lowest BCUT2D eigenvalue weighted by molar-refractivity contribution is -0.143. The fourth-order valence-electron chi connectivity index (χ4n) is 3.76. The van der Waals surface area contributed by atoms with Crippen LogP contribution >= 0.6 is 0 Å². The van der Waals surface area contributed by atoms with Gasteiger partial charge in [-0.15, -0.1) is 0 Å². The van der Waals surface area contributed by atoms with Crippen LogP contribution in [0.25, 0.3) is 11.0 Å². The number of aromatic hydroxyl groups is 1. The third-order valence-corrected chi connectivity index (χ3v) is 7.15. The number of rotatable bonds is 8. The minimum atomic E-state index is -3.61. The smallest absolute Gasteiger partial charge is 0.343 e. The van der Waals surface area contributed by atoms with Gasteiger partial charge in [-0.05, 0) is 29.8 Å². The van der Waals surface area contributed by atoms with Crippen LogP contribution in [0.15, 0.2) is 99.0 Å². The second-order valence-electron chi connectivity index (χ2n) is 7.67. The van der Waals surface area contributed by atoms with E-state index in [2.05, 4.69) is 0 Å². The number of hydrogen-bond acceptors (Lipinski definition) is 7. The van der Waals surface area contributed by atoms with Gasteiger partial charge in [-0.25, -0.2) is 13.2 Å². The first-order valence-corrected chi connectivity index (χ1v) is 12.2. The number of para-hydroxylation sites is 1. The maximum atomic E-state index is 12.8. The van der Waals surface area contributed by atoms with Gasteiger partial charge in [0.05, 0.1) is 28.0 Å². The van der Waals surface area contributed by atoms with Crippen molar-refractivity contribution >= 4 is 26.8 Å². The molecule has 0 saturated carbocycles. The van der Waals surface area contributed by atoms with E-state index in [9.17, 15) is 23.1 Å². The monoisotopic (exact) mass is 478 g/mol. The lowest BCUT2D eigenvalue weighted by Crippen LogP contribution is -2.20. The van der Waals surface area contributed by atoms with E-state index in [0.717, 1.165) is 0 Å². The number of esters is 1. The number of fused-ring (bicyclic) bond motifs is 1. The average molecular weight is 479 g/mol. The Labute approximate surface area is 196 Å². The van der Waals surface area contributed by atoms with Crippen molar-refractivity contribution < 1.29 is 27.5 Å². The number of carbonyl (C=O) groups excluding carboxylic acids is 1. The molecule has 0 aliphatic rings. The van der Waals surface area contributed by atoms with E-state index in [0.29, 0.717) is 10.9 Å². The molecular formula is C26H22O7S. The molecule has 0 bridgehead atoms. The standard InChI is InChI=1S/C26H22O7S/c27-23(32-15-16-34(30,31)19-11-5-2-6-12-19)17-21(18-9-3-1-4-10-18)24-25(28)20-13-7-8-14-22(20)33-26(24)29/h1-14,21,28H,15-17H2. The van der Waals surface area contributed by atoms with E-state index in [4.69, 9.17) is 9.15 Å². The fraction of sp³-hybridized carbons (Fsp3) is 0.154. The third kappa shape index (κ3) is 5.02. The first kappa shape index (κ1) is 23.3. The van der Waals surface area contributed by atoms with E-state index in [1.807, 2.05) is 0 Å². The van der Waals surface area contributed by atoms with Gasteiger partial charge < -0.3 is 14.3 Å². The Morgan fingerprint density at radius 1 is 0.912 bits per heavy atom. The van der Waals surface area contributed by atoms with Crippen LogP contribution in [-0.4, -0.2) is 31.9 Å². The summed E-state index contributed by atoms with van der Waals surface area (Å²) < 4.78 is 35.4. The van der Waals surface area contributed by atoms with Gasteiger partial charge in [0, 0.05) is 5.92 Å². The van der Waals surface area contributed by atoms with Crippen LogP contribution in [-0.2, 0) is 19.4 Å². The Balaban J connectivity index is 1.57. The van der Waals surface area contributed by atoms with Crippen LogP contribution in [0.5, 0.6) is 5.75 Å². The number of benzene rings is 3. The van der Waals surface area contributed by atoms with Gasteiger partial charge in [0.15, 0.2) is 9.84 Å². The Kier molecular flexibility index (Phi) is 6.79. The Morgan fingerprint density at radius 2 is 1.53 bits per heavy atom. The molecule has 1 atom stereocenters. The van der Waals surface area contributed by atoms with Crippen LogP contribution in [0.3, 0.4) is 0 Å². The van der Waals surface area contributed by atoms with Crippen molar-refractivity contribution in [1.29, 1.82) is 0 Å². The van der Waals surface area contributed by atoms with E-state index in [-0.39, 0.29) is 40.6 Å². The molecule has 0 aliphatic carbocycles. The zero-order valence-corrected chi connectivity index (χ0v) is 18.9. The molecule has 7 nitrogen and oxygen atoms in total. The van der Waals surface area contributed by atoms with Crippen molar-refractivity contribution in [3.05, 3.63) is 106 Å². The molecule has 1 aromatic heterocycles. The third-order valence-electron chi connectivity index (χ3n) is 5.46. The summed E-state index contributed by atoms with van der Waals surface area (Å²) >= 11 is 0. The van der Waals surface area contributed by atoms with Crippen molar-refractivity contribution in [2.24, 2.45) is 0 Å². The van der Waals surface area contributed by atoms with Crippen molar-refractivity contribution in [2.45, 2.75) is 17.2 Å². The van der Waals surface area contributed by atoms with Gasteiger partial charge in [-0.1, -0.05) is 60.7 Å². The summed E-state index contributed by atoms with van der Waals surface area (Å²) in [7, 11) is -3.61. The predicted molar refractivity (Wildman–Crippen MR) is 127 cm³/mol. The number of ether oxygens (including phenoxy) is 1. The van der Waals surface area contributed by atoms with E-state index in [1.165, 1.54) is 12.1 Å². The molecule has 4 aromatic rings. The summed E-state index contributed by atoms with van der Waals surface area (Å²) in [6.07, 6.45) is -0.286. The van der Waals surface area contributed by atoms with Crippen molar-refractivity contribution in [1.82, 2.24) is 0 Å². The van der Waals surface area contributed by atoms with Gasteiger partial charge in [0.25, 0.3) is 0 Å². The summed E-state index contributed by atoms with van der Waals surface area (Å²) in [6.45, 7) is -0.337. The molecule has 1 N–H and O–H groups in total. The quantitative estimate of drug-likeness (QED) is 0.301. The lowest BCUT2D eigenvalue weighted by atomic mass is 9.88. The van der Waals surface area contributed by atoms with Crippen molar-refractivity contribution in [2.75, 3.05) is 12.4 Å². The Morgan fingerprint density at radius 3 is 2.24 bits per heavy atom. The summed E-state index contributed by atoms with van der Waals surface area (Å²) in [6, 6.07) is 23.2. The Hall–Kier alpha value is -3.91. The predicted octanol–water partition coefficient (Wildman–Crippen LogP) is 4.04. The lowest BCUT2D eigenvalue weighted by Gasteiger charge is -2.18. The highest BCUT2D eigenvalue weighted by Gasteiger charge is 2.27. The minimum Gasteiger partial charge on any atom is -0.507 e. The van der Waals surface area contributed by atoms with Gasteiger partial charge in [0.1, 0.15) is 17.9 Å². The number of carbonyl (C=O) groups is 1. The highest BCUT2D eigenvalue weighted by atomic mass is 32.2. The molecule has 0 amide bonds. The van der Waals surface area contributed by atoms with Crippen LogP contribution in [0, 0.1) is 0 Å². The molecule has 174 valence electrons. The fourth-order valence-corrected chi connectivity index (χ4v) is 4.87. The molecule has 0 fully saturated rings. The van der Waals surface area contributed by atoms with Crippen LogP contribution in [0.1, 0.15) is 23.5 Å². The summed E-state index contributed by atoms with van der Waals surface area (Å²) in [5.74, 6) is -2.19. The minimum absolute atomic E-state index is 0.0567. The van der Waals surface area contributed by atoms with Crippen molar-refractivity contribution in [3.8, 4) is 5.75 Å². The van der Waals surface area contributed by atoms with Gasteiger partial charge in [-0.3, -0.25) is 4.79 Å². The molecule has 8 heteroatoms. The highest BCUT2D eigenvalue weighted by molar-refractivity contribution is 7.91. The molecule has 0 saturated heterocycles. The molecular weight excluding hydrogens is 456 g/mol. The topological polar surface area (TPSA) is 111 Å². The molecule has 4 rings (SSSR count). The summed E-state index contributed by atoms with van der Waals surface area (Å²) in [5.41, 5.74) is 0.0201. The van der Waals surface area contributed by atoms with E-state index in [1.54, 1.807) is 72.8 Å². The zero-order valence-electron chi connectivity index (χ0n) is 18.1. The largest absolute Gasteiger partial charge is 0.507 e. The normalized spacial score (nSPS) is 12.4. The highest BCUT2D eigenvalue weighted by Crippen LogP contribution is 2.36. The van der Waals surface area contributed by atoms with Crippen LogP contribution < -0.4 is 5.63 Å². The maximum absolute atomic E-state index is 12.8. The van der Waals surface area contributed by atoms with Gasteiger partial charge >= 0.3 is 11.6 Å². The second kappa shape index (κ2) is 9.93. The summed E-state index contributed by atoms with van der Waals surface area (Å²) in [4.78, 5) is 25.6. The number of sulfone groups is 1.